The number of rotatable bonds is 7. The Hall–Kier alpha value is -1.51. The van der Waals surface area contributed by atoms with Crippen LogP contribution < -0.4 is 9.46 Å². The molecule has 0 bridgehead atoms. The van der Waals surface area contributed by atoms with Crippen LogP contribution in [-0.4, -0.2) is 37.5 Å². The topological polar surface area (TPSA) is 81.2 Å². The number of nitrogens with one attached hydrogen (secondary N) is 1. The Morgan fingerprint density at radius 2 is 2.15 bits per heavy atom. The lowest BCUT2D eigenvalue weighted by Crippen LogP contribution is -2.29. The third-order valence-corrected chi connectivity index (χ3v) is 4.76. The summed E-state index contributed by atoms with van der Waals surface area (Å²) >= 11 is 1.59. The minimum atomic E-state index is -3.17. The van der Waals surface area contributed by atoms with Crippen molar-refractivity contribution in [3.05, 3.63) is 29.6 Å². The average molecular weight is 313 g/mol. The van der Waals surface area contributed by atoms with E-state index in [1.807, 2.05) is 23.6 Å². The van der Waals surface area contributed by atoms with E-state index in [2.05, 4.69) is 14.9 Å². The molecule has 108 valence electrons. The number of hydrogen-bond acceptors (Lipinski definition) is 6. The van der Waals surface area contributed by atoms with Crippen molar-refractivity contribution >= 4 is 21.4 Å². The summed E-state index contributed by atoms with van der Waals surface area (Å²) in [5.41, 5.74) is 0.791. The Kier molecular flexibility index (Phi) is 5.05. The fourth-order valence-corrected chi connectivity index (χ4v) is 2.70. The summed E-state index contributed by atoms with van der Waals surface area (Å²) in [6.07, 6.45) is 0. The van der Waals surface area contributed by atoms with Crippen molar-refractivity contribution in [1.82, 2.24) is 14.9 Å². The second-order valence-electron chi connectivity index (χ2n) is 3.88. The Bertz CT molecular complexity index is 624. The molecule has 1 N–H and O–H groups in total. The van der Waals surface area contributed by atoms with Gasteiger partial charge in [-0.15, -0.1) is 21.5 Å². The van der Waals surface area contributed by atoms with Crippen molar-refractivity contribution in [3.63, 3.8) is 0 Å². The van der Waals surface area contributed by atoms with E-state index in [1.165, 1.54) is 0 Å². The molecule has 6 nitrogen and oxygen atoms in total. The van der Waals surface area contributed by atoms with Gasteiger partial charge in [0.2, 0.25) is 15.9 Å². The van der Waals surface area contributed by atoms with Gasteiger partial charge in [0.05, 0.1) is 10.6 Å². The summed E-state index contributed by atoms with van der Waals surface area (Å²) in [7, 11) is -3.17. The fraction of sp³-hybridized carbons (Fsp3) is 0.333. The lowest BCUT2D eigenvalue weighted by atomic mass is 10.3. The van der Waals surface area contributed by atoms with Crippen molar-refractivity contribution in [2.75, 3.05) is 18.9 Å². The number of nitrogens with zero attached hydrogens (tertiary/aromatic N) is 2. The standard InChI is InChI=1S/C12H15N3O3S2/c1-2-20(16,17)13-7-8-18-12-6-5-10(14-15-12)11-4-3-9-19-11/h3-6,9,13H,2,7-8H2,1H3. The summed E-state index contributed by atoms with van der Waals surface area (Å²) in [6, 6.07) is 7.46. The van der Waals surface area contributed by atoms with Crippen LogP contribution in [0.4, 0.5) is 0 Å². The highest BCUT2D eigenvalue weighted by Gasteiger charge is 2.06. The largest absolute Gasteiger partial charge is 0.475 e. The molecule has 0 unspecified atom stereocenters. The second kappa shape index (κ2) is 6.78. The molecule has 0 aliphatic heterocycles. The van der Waals surface area contributed by atoms with Crippen molar-refractivity contribution < 1.29 is 13.2 Å². The van der Waals surface area contributed by atoms with Gasteiger partial charge in [0.1, 0.15) is 12.3 Å². The smallest absolute Gasteiger partial charge is 0.233 e. The van der Waals surface area contributed by atoms with Crippen LogP contribution in [-0.2, 0) is 10.0 Å². The lowest BCUT2D eigenvalue weighted by Gasteiger charge is -2.06. The predicted octanol–water partition coefficient (Wildman–Crippen LogP) is 1.52. The van der Waals surface area contributed by atoms with Crippen molar-refractivity contribution in [3.8, 4) is 16.5 Å². The molecule has 0 saturated carbocycles. The van der Waals surface area contributed by atoms with Gasteiger partial charge in [-0.2, -0.15) is 0 Å². The third kappa shape index (κ3) is 4.26. The molecule has 0 aliphatic rings. The average Bonchev–Trinajstić information content (AvgIpc) is 2.98. The van der Waals surface area contributed by atoms with Crippen molar-refractivity contribution in [2.45, 2.75) is 6.92 Å². The molecule has 0 fully saturated rings. The molecule has 0 amide bonds. The maximum Gasteiger partial charge on any atom is 0.233 e. The van der Waals surface area contributed by atoms with Crippen LogP contribution in [0, 0.1) is 0 Å². The van der Waals surface area contributed by atoms with Crippen molar-refractivity contribution in [2.24, 2.45) is 0 Å². The Labute approximate surface area is 121 Å². The lowest BCUT2D eigenvalue weighted by molar-refractivity contribution is 0.307. The molecule has 2 aromatic rings. The molecule has 2 aromatic heterocycles. The molecular weight excluding hydrogens is 298 g/mol. The summed E-state index contributed by atoms with van der Waals surface area (Å²) in [5.74, 6) is 0.434. The van der Waals surface area contributed by atoms with Gasteiger partial charge in [-0.1, -0.05) is 6.07 Å². The number of aromatic nitrogens is 2. The van der Waals surface area contributed by atoms with Gasteiger partial charge in [-0.25, -0.2) is 13.1 Å². The van der Waals surface area contributed by atoms with Gasteiger partial charge in [-0.05, 0) is 24.4 Å². The number of sulfonamides is 1. The van der Waals surface area contributed by atoms with E-state index >= 15 is 0 Å². The van der Waals surface area contributed by atoms with Gasteiger partial charge in [0.15, 0.2) is 0 Å². The highest BCUT2D eigenvalue weighted by atomic mass is 32.2. The molecular formula is C12H15N3O3S2. The van der Waals surface area contributed by atoms with E-state index in [1.54, 1.807) is 24.3 Å². The van der Waals surface area contributed by atoms with Crippen LogP contribution in [0.1, 0.15) is 6.92 Å². The van der Waals surface area contributed by atoms with Crippen LogP contribution in [0.25, 0.3) is 10.6 Å². The molecule has 0 saturated heterocycles. The first-order valence-corrected chi connectivity index (χ1v) is 8.61. The first kappa shape index (κ1) is 14.9. The number of ether oxygens (including phenoxy) is 1. The summed E-state index contributed by atoms with van der Waals surface area (Å²) in [5, 5.41) is 9.98. The number of thiophene rings is 1. The molecule has 8 heteroatoms. The third-order valence-electron chi connectivity index (χ3n) is 2.47. The molecule has 0 radical (unpaired) electrons. The van der Waals surface area contributed by atoms with E-state index in [4.69, 9.17) is 4.74 Å². The molecule has 0 aliphatic carbocycles. The maximum atomic E-state index is 11.2. The minimum absolute atomic E-state index is 0.0579. The van der Waals surface area contributed by atoms with Crippen LogP contribution in [0.2, 0.25) is 0 Å². The SMILES string of the molecule is CCS(=O)(=O)NCCOc1ccc(-c2cccs2)nn1. The van der Waals surface area contributed by atoms with Gasteiger partial charge < -0.3 is 4.74 Å². The highest BCUT2D eigenvalue weighted by Crippen LogP contribution is 2.22. The van der Waals surface area contributed by atoms with Gasteiger partial charge in [0, 0.05) is 12.6 Å². The van der Waals surface area contributed by atoms with E-state index in [0.717, 1.165) is 10.6 Å². The Morgan fingerprint density at radius 3 is 2.75 bits per heavy atom. The maximum absolute atomic E-state index is 11.2. The summed E-state index contributed by atoms with van der Waals surface area (Å²) < 4.78 is 30.1. The second-order valence-corrected chi connectivity index (χ2v) is 6.92. The summed E-state index contributed by atoms with van der Waals surface area (Å²) in [4.78, 5) is 1.04. The van der Waals surface area contributed by atoms with Crippen molar-refractivity contribution in [1.29, 1.82) is 0 Å². The fourth-order valence-electron chi connectivity index (χ4n) is 1.41. The minimum Gasteiger partial charge on any atom is -0.475 e. The highest BCUT2D eigenvalue weighted by molar-refractivity contribution is 7.89. The van der Waals surface area contributed by atoms with Crippen LogP contribution in [0.15, 0.2) is 29.6 Å². The van der Waals surface area contributed by atoms with Crippen LogP contribution in [0.3, 0.4) is 0 Å². The van der Waals surface area contributed by atoms with Gasteiger partial charge >= 0.3 is 0 Å². The Morgan fingerprint density at radius 1 is 1.30 bits per heavy atom. The first-order valence-electron chi connectivity index (χ1n) is 6.08. The van der Waals surface area contributed by atoms with E-state index in [0.29, 0.717) is 5.88 Å². The van der Waals surface area contributed by atoms with Gasteiger partial charge in [-0.3, -0.25) is 0 Å². The zero-order valence-electron chi connectivity index (χ0n) is 10.9. The van der Waals surface area contributed by atoms with Crippen LogP contribution >= 0.6 is 11.3 Å². The summed E-state index contributed by atoms with van der Waals surface area (Å²) in [6.45, 7) is 2.01. The van der Waals surface area contributed by atoms with Crippen LogP contribution in [0.5, 0.6) is 5.88 Å². The van der Waals surface area contributed by atoms with E-state index in [9.17, 15) is 8.42 Å². The molecule has 2 rings (SSSR count). The van der Waals surface area contributed by atoms with E-state index < -0.39 is 10.0 Å². The molecule has 2 heterocycles. The molecule has 0 atom stereocenters. The Balaban J connectivity index is 1.83. The zero-order chi connectivity index (χ0) is 14.4. The molecule has 0 spiro atoms. The van der Waals surface area contributed by atoms with E-state index in [-0.39, 0.29) is 18.9 Å². The van der Waals surface area contributed by atoms with Gasteiger partial charge in [0.25, 0.3) is 0 Å². The molecule has 20 heavy (non-hydrogen) atoms. The zero-order valence-corrected chi connectivity index (χ0v) is 12.6. The monoisotopic (exact) mass is 313 g/mol. The first-order chi connectivity index (χ1) is 9.61. The predicted molar refractivity (Wildman–Crippen MR) is 78.3 cm³/mol. The quantitative estimate of drug-likeness (QED) is 0.784. The number of hydrogen-bond donors (Lipinski definition) is 1. The molecule has 0 aromatic carbocycles. The normalized spacial score (nSPS) is 11.4.